The highest BCUT2D eigenvalue weighted by molar-refractivity contribution is 5.95. The summed E-state index contributed by atoms with van der Waals surface area (Å²) in [6, 6.07) is 12.0. The molecule has 4 heteroatoms. The van der Waals surface area contributed by atoms with E-state index in [0.29, 0.717) is 5.69 Å². The Morgan fingerprint density at radius 3 is 2.60 bits per heavy atom. The first-order chi connectivity index (χ1) is 9.66. The van der Waals surface area contributed by atoms with Crippen LogP contribution in [0.25, 0.3) is 10.9 Å². The minimum atomic E-state index is 0.0252. The van der Waals surface area contributed by atoms with Crippen molar-refractivity contribution in [2.45, 2.75) is 25.9 Å². The number of amides is 1. The molecule has 1 N–H and O–H groups in total. The minimum absolute atomic E-state index is 0.0252. The zero-order valence-corrected chi connectivity index (χ0v) is 11.8. The summed E-state index contributed by atoms with van der Waals surface area (Å²) in [5.74, 6) is 0.0252. The predicted molar refractivity (Wildman–Crippen MR) is 79.7 cm³/mol. The second-order valence-electron chi connectivity index (χ2n) is 5.46. The van der Waals surface area contributed by atoms with Crippen molar-refractivity contribution in [2.24, 2.45) is 0 Å². The first-order valence-corrected chi connectivity index (χ1v) is 7.06. The molecule has 1 saturated heterocycles. The van der Waals surface area contributed by atoms with Crippen LogP contribution >= 0.6 is 0 Å². The molecule has 1 aliphatic rings. The van der Waals surface area contributed by atoms with Crippen molar-refractivity contribution in [3.8, 4) is 0 Å². The maximum absolute atomic E-state index is 12.7. The standard InChI is InChI=1S/C16H19N3O/c1-11-9-17-10-12(2)19(11)16(20)15-8-7-13-5-3-4-6-14(13)18-15/h3-8,11-12,17H,9-10H2,1-2H3. The summed E-state index contributed by atoms with van der Waals surface area (Å²) in [4.78, 5) is 19.1. The number of nitrogens with zero attached hydrogens (tertiary/aromatic N) is 2. The Morgan fingerprint density at radius 2 is 1.85 bits per heavy atom. The average Bonchev–Trinajstić information content (AvgIpc) is 2.46. The molecule has 0 aliphatic carbocycles. The van der Waals surface area contributed by atoms with E-state index in [1.807, 2.05) is 41.3 Å². The summed E-state index contributed by atoms with van der Waals surface area (Å²) < 4.78 is 0. The minimum Gasteiger partial charge on any atom is -0.329 e. The topological polar surface area (TPSA) is 45.2 Å². The Balaban J connectivity index is 1.95. The zero-order chi connectivity index (χ0) is 14.1. The number of carbonyl (C=O) groups is 1. The van der Waals surface area contributed by atoms with E-state index in [4.69, 9.17) is 0 Å². The number of para-hydroxylation sites is 1. The number of carbonyl (C=O) groups excluding carboxylic acids is 1. The number of hydrogen-bond donors (Lipinski definition) is 1. The van der Waals surface area contributed by atoms with Gasteiger partial charge in [0.25, 0.3) is 5.91 Å². The van der Waals surface area contributed by atoms with Crippen molar-refractivity contribution in [2.75, 3.05) is 13.1 Å². The first kappa shape index (κ1) is 13.1. The molecule has 2 atom stereocenters. The van der Waals surface area contributed by atoms with Gasteiger partial charge in [-0.2, -0.15) is 0 Å². The van der Waals surface area contributed by atoms with Gasteiger partial charge in [-0.05, 0) is 26.0 Å². The van der Waals surface area contributed by atoms with E-state index >= 15 is 0 Å². The lowest BCUT2D eigenvalue weighted by molar-refractivity contribution is 0.0539. The van der Waals surface area contributed by atoms with Crippen molar-refractivity contribution in [3.05, 3.63) is 42.1 Å². The lowest BCUT2D eigenvalue weighted by atomic mass is 10.1. The van der Waals surface area contributed by atoms with E-state index in [2.05, 4.69) is 24.1 Å². The van der Waals surface area contributed by atoms with Gasteiger partial charge >= 0.3 is 0 Å². The molecule has 4 nitrogen and oxygen atoms in total. The van der Waals surface area contributed by atoms with Gasteiger partial charge in [0, 0.05) is 30.6 Å². The highest BCUT2D eigenvalue weighted by Crippen LogP contribution is 2.17. The Hall–Kier alpha value is -1.94. The third-order valence-electron chi connectivity index (χ3n) is 3.88. The van der Waals surface area contributed by atoms with E-state index in [1.54, 1.807) is 0 Å². The van der Waals surface area contributed by atoms with Crippen LogP contribution in [0.5, 0.6) is 0 Å². The van der Waals surface area contributed by atoms with Crippen LogP contribution in [0.15, 0.2) is 36.4 Å². The SMILES string of the molecule is CC1CNCC(C)N1C(=O)c1ccc2ccccc2n1. The van der Waals surface area contributed by atoms with Crippen molar-refractivity contribution >= 4 is 16.8 Å². The van der Waals surface area contributed by atoms with E-state index in [0.717, 1.165) is 24.0 Å². The molecular weight excluding hydrogens is 250 g/mol. The molecular formula is C16H19N3O. The van der Waals surface area contributed by atoms with Gasteiger partial charge in [-0.1, -0.05) is 24.3 Å². The summed E-state index contributed by atoms with van der Waals surface area (Å²) in [6.07, 6.45) is 0. The fourth-order valence-corrected chi connectivity index (χ4v) is 2.85. The van der Waals surface area contributed by atoms with Crippen molar-refractivity contribution in [1.29, 1.82) is 0 Å². The third-order valence-corrected chi connectivity index (χ3v) is 3.88. The first-order valence-electron chi connectivity index (χ1n) is 7.06. The fourth-order valence-electron chi connectivity index (χ4n) is 2.85. The number of piperazine rings is 1. The van der Waals surface area contributed by atoms with Gasteiger partial charge in [-0.3, -0.25) is 4.79 Å². The molecule has 3 rings (SSSR count). The molecule has 0 radical (unpaired) electrons. The van der Waals surface area contributed by atoms with Gasteiger partial charge in [0.05, 0.1) is 5.52 Å². The molecule has 1 amide bonds. The Morgan fingerprint density at radius 1 is 1.15 bits per heavy atom. The van der Waals surface area contributed by atoms with Crippen molar-refractivity contribution in [1.82, 2.24) is 15.2 Å². The maximum Gasteiger partial charge on any atom is 0.273 e. The summed E-state index contributed by atoms with van der Waals surface area (Å²) in [5, 5.41) is 4.40. The lowest BCUT2D eigenvalue weighted by Gasteiger charge is -2.39. The van der Waals surface area contributed by atoms with E-state index in [1.165, 1.54) is 0 Å². The molecule has 1 aromatic heterocycles. The van der Waals surface area contributed by atoms with Crippen LogP contribution in [0.3, 0.4) is 0 Å². The largest absolute Gasteiger partial charge is 0.329 e. The van der Waals surface area contributed by atoms with Gasteiger partial charge in [-0.25, -0.2) is 4.98 Å². The predicted octanol–water partition coefficient (Wildman–Crippen LogP) is 2.06. The lowest BCUT2D eigenvalue weighted by Crippen LogP contribution is -2.57. The number of hydrogen-bond acceptors (Lipinski definition) is 3. The number of fused-ring (bicyclic) bond motifs is 1. The van der Waals surface area contributed by atoms with E-state index in [-0.39, 0.29) is 18.0 Å². The summed E-state index contributed by atoms with van der Waals surface area (Å²) >= 11 is 0. The van der Waals surface area contributed by atoms with E-state index < -0.39 is 0 Å². The fraction of sp³-hybridized carbons (Fsp3) is 0.375. The maximum atomic E-state index is 12.7. The molecule has 0 spiro atoms. The Bertz CT molecular complexity index is 630. The van der Waals surface area contributed by atoms with Gasteiger partial charge in [0.15, 0.2) is 0 Å². The Labute approximate surface area is 118 Å². The third kappa shape index (κ3) is 2.27. The highest BCUT2D eigenvalue weighted by atomic mass is 16.2. The van der Waals surface area contributed by atoms with Crippen molar-refractivity contribution < 1.29 is 4.79 Å². The smallest absolute Gasteiger partial charge is 0.273 e. The van der Waals surface area contributed by atoms with Gasteiger partial charge < -0.3 is 10.2 Å². The number of rotatable bonds is 1. The highest BCUT2D eigenvalue weighted by Gasteiger charge is 2.30. The van der Waals surface area contributed by atoms with Crippen LogP contribution in [0, 0.1) is 0 Å². The van der Waals surface area contributed by atoms with Crippen LogP contribution in [-0.4, -0.2) is 41.0 Å². The molecule has 0 saturated carbocycles. The van der Waals surface area contributed by atoms with E-state index in [9.17, 15) is 4.79 Å². The normalized spacial score (nSPS) is 23.0. The summed E-state index contributed by atoms with van der Waals surface area (Å²) in [5.41, 5.74) is 1.40. The quantitative estimate of drug-likeness (QED) is 0.862. The molecule has 1 aromatic carbocycles. The second-order valence-corrected chi connectivity index (χ2v) is 5.46. The summed E-state index contributed by atoms with van der Waals surface area (Å²) in [6.45, 7) is 5.82. The number of aromatic nitrogens is 1. The zero-order valence-electron chi connectivity index (χ0n) is 11.8. The molecule has 104 valence electrons. The van der Waals surface area contributed by atoms with Crippen LogP contribution in [0.4, 0.5) is 0 Å². The van der Waals surface area contributed by atoms with Crippen LogP contribution in [-0.2, 0) is 0 Å². The number of benzene rings is 1. The van der Waals surface area contributed by atoms with Crippen molar-refractivity contribution in [3.63, 3.8) is 0 Å². The van der Waals surface area contributed by atoms with Gasteiger partial charge in [-0.15, -0.1) is 0 Å². The average molecular weight is 269 g/mol. The molecule has 2 unspecified atom stereocenters. The molecule has 0 bridgehead atoms. The monoisotopic (exact) mass is 269 g/mol. The Kier molecular flexibility index (Phi) is 3.40. The molecule has 2 heterocycles. The van der Waals surface area contributed by atoms with Crippen LogP contribution in [0.2, 0.25) is 0 Å². The van der Waals surface area contributed by atoms with Crippen LogP contribution in [0.1, 0.15) is 24.3 Å². The number of nitrogens with one attached hydrogen (secondary N) is 1. The number of pyridine rings is 1. The summed E-state index contributed by atoms with van der Waals surface area (Å²) in [7, 11) is 0. The van der Waals surface area contributed by atoms with Gasteiger partial charge in [0.2, 0.25) is 0 Å². The molecule has 1 aliphatic heterocycles. The van der Waals surface area contributed by atoms with Gasteiger partial charge in [0.1, 0.15) is 5.69 Å². The second kappa shape index (κ2) is 5.21. The van der Waals surface area contributed by atoms with Crippen LogP contribution < -0.4 is 5.32 Å². The molecule has 2 aromatic rings. The molecule has 20 heavy (non-hydrogen) atoms. The molecule has 1 fully saturated rings.